The molecule has 8 nitrogen and oxygen atoms in total. The number of fused-ring (bicyclic) bond motifs is 1. The van der Waals surface area contributed by atoms with E-state index in [0.717, 1.165) is 0 Å². The maximum absolute atomic E-state index is 12.0. The normalized spacial score (nSPS) is 12.1. The molecule has 9 heteroatoms. The Morgan fingerprint density at radius 1 is 1.18 bits per heavy atom. The first kappa shape index (κ1) is 21.6. The number of rotatable bonds is 8. The Morgan fingerprint density at radius 2 is 1.89 bits per heavy atom. The minimum atomic E-state index is -0.689. The summed E-state index contributed by atoms with van der Waals surface area (Å²) in [6, 6.07) is 3.30. The quantitative estimate of drug-likeness (QED) is 0.481. The van der Waals surface area contributed by atoms with E-state index in [2.05, 4.69) is 0 Å². The van der Waals surface area contributed by atoms with Crippen LogP contribution in [-0.4, -0.2) is 67.7 Å². The summed E-state index contributed by atoms with van der Waals surface area (Å²) >= 11 is 6.08. The summed E-state index contributed by atoms with van der Waals surface area (Å²) in [5.41, 5.74) is 0.625. The van der Waals surface area contributed by atoms with Crippen molar-refractivity contribution in [1.82, 2.24) is 9.80 Å². The Balaban J connectivity index is 1.83. The van der Waals surface area contributed by atoms with Crippen LogP contribution in [0.25, 0.3) is 6.08 Å². The Morgan fingerprint density at radius 3 is 2.57 bits per heavy atom. The molecule has 1 aliphatic heterocycles. The van der Waals surface area contributed by atoms with Gasteiger partial charge in [0.1, 0.15) is 0 Å². The molecule has 1 aromatic rings. The number of hydrogen-bond acceptors (Lipinski definition) is 6. The summed E-state index contributed by atoms with van der Waals surface area (Å²) in [6.45, 7) is 4.45. The molecule has 0 saturated carbocycles. The second-order valence-electron chi connectivity index (χ2n) is 5.99. The van der Waals surface area contributed by atoms with Crippen molar-refractivity contribution in [3.63, 3.8) is 0 Å². The number of hydrogen-bond donors (Lipinski definition) is 0. The monoisotopic (exact) mass is 410 g/mol. The predicted octanol–water partition coefficient (Wildman–Crippen LogP) is 1.95. The first-order valence-electron chi connectivity index (χ1n) is 8.81. The summed E-state index contributed by atoms with van der Waals surface area (Å²) in [4.78, 5) is 38.7. The molecule has 0 aromatic heterocycles. The van der Waals surface area contributed by atoms with E-state index >= 15 is 0 Å². The van der Waals surface area contributed by atoms with Crippen LogP contribution < -0.4 is 9.47 Å². The van der Waals surface area contributed by atoms with Crippen molar-refractivity contribution in [3.8, 4) is 11.5 Å². The highest BCUT2D eigenvalue weighted by Gasteiger charge is 2.19. The molecular weight excluding hydrogens is 388 g/mol. The third-order valence-corrected chi connectivity index (χ3v) is 4.39. The maximum Gasteiger partial charge on any atom is 0.331 e. The van der Waals surface area contributed by atoms with Gasteiger partial charge < -0.3 is 24.0 Å². The molecule has 0 unspecified atom stereocenters. The largest absolute Gasteiger partial charge is 0.454 e. The molecule has 1 aromatic carbocycles. The number of carbonyl (C=O) groups excluding carboxylic acids is 3. The van der Waals surface area contributed by atoms with Gasteiger partial charge in [0.05, 0.1) is 11.6 Å². The van der Waals surface area contributed by atoms with Crippen molar-refractivity contribution in [1.29, 1.82) is 0 Å². The molecule has 2 rings (SSSR count). The van der Waals surface area contributed by atoms with E-state index in [1.807, 2.05) is 13.8 Å². The molecule has 0 fully saturated rings. The molecule has 0 aliphatic carbocycles. The number of carbonyl (C=O) groups is 3. The van der Waals surface area contributed by atoms with Crippen molar-refractivity contribution >= 4 is 35.5 Å². The van der Waals surface area contributed by atoms with Gasteiger partial charge in [-0.25, -0.2) is 4.79 Å². The zero-order valence-corrected chi connectivity index (χ0v) is 16.8. The number of amides is 2. The van der Waals surface area contributed by atoms with Gasteiger partial charge >= 0.3 is 5.97 Å². The van der Waals surface area contributed by atoms with Crippen molar-refractivity contribution in [2.75, 3.05) is 40.1 Å². The highest BCUT2D eigenvalue weighted by atomic mass is 35.5. The summed E-state index contributed by atoms with van der Waals surface area (Å²) < 4.78 is 15.4. The van der Waals surface area contributed by atoms with E-state index in [-0.39, 0.29) is 19.2 Å². The van der Waals surface area contributed by atoms with Gasteiger partial charge in [-0.3, -0.25) is 9.59 Å². The molecule has 2 amide bonds. The lowest BCUT2D eigenvalue weighted by Gasteiger charge is -2.23. The zero-order valence-electron chi connectivity index (χ0n) is 16.1. The molecule has 1 heterocycles. The Labute approximate surface area is 168 Å². The van der Waals surface area contributed by atoms with E-state index in [4.69, 9.17) is 25.8 Å². The molecule has 0 saturated heterocycles. The van der Waals surface area contributed by atoms with Crippen LogP contribution in [0.5, 0.6) is 11.5 Å². The Kier molecular flexibility index (Phi) is 7.69. The number of nitrogens with zero attached hydrogens (tertiary/aromatic N) is 2. The third kappa shape index (κ3) is 5.63. The van der Waals surface area contributed by atoms with Gasteiger partial charge in [0, 0.05) is 26.2 Å². The minimum Gasteiger partial charge on any atom is -0.454 e. The standard InChI is InChI=1S/C19H23ClN2O6/c1-4-22(5-2)16(23)10-21(3)17(24)11-26-18(25)7-6-13-8-14(20)19-15(9-13)27-12-28-19/h6-9H,4-5,10-12H2,1-3H3/b7-6+. The lowest BCUT2D eigenvalue weighted by Crippen LogP contribution is -2.42. The second kappa shape index (κ2) is 9.98. The average Bonchev–Trinajstić information content (AvgIpc) is 3.14. The highest BCUT2D eigenvalue weighted by Crippen LogP contribution is 2.40. The zero-order chi connectivity index (χ0) is 20.7. The van der Waals surface area contributed by atoms with Gasteiger partial charge in [-0.15, -0.1) is 0 Å². The third-order valence-electron chi connectivity index (χ3n) is 4.11. The fourth-order valence-corrected chi connectivity index (χ4v) is 2.78. The van der Waals surface area contributed by atoms with Gasteiger partial charge in [-0.2, -0.15) is 0 Å². The second-order valence-corrected chi connectivity index (χ2v) is 6.40. The fraction of sp³-hybridized carbons (Fsp3) is 0.421. The number of ether oxygens (including phenoxy) is 3. The van der Waals surface area contributed by atoms with Crippen LogP contribution in [0.4, 0.5) is 0 Å². The molecular formula is C19H23ClN2O6. The molecule has 152 valence electrons. The number of likely N-dealkylation sites (N-methyl/N-ethyl adjacent to an activating group) is 2. The summed E-state index contributed by atoms with van der Waals surface area (Å²) in [5, 5.41) is 0.373. The summed E-state index contributed by atoms with van der Waals surface area (Å²) in [5.74, 6) is -0.352. The first-order valence-corrected chi connectivity index (χ1v) is 9.19. The van der Waals surface area contributed by atoms with Crippen molar-refractivity contribution in [3.05, 3.63) is 28.8 Å². The first-order chi connectivity index (χ1) is 13.3. The predicted molar refractivity (Wildman–Crippen MR) is 103 cm³/mol. The highest BCUT2D eigenvalue weighted by molar-refractivity contribution is 6.32. The molecule has 0 radical (unpaired) electrons. The van der Waals surface area contributed by atoms with Crippen LogP contribution in [-0.2, 0) is 19.1 Å². The van der Waals surface area contributed by atoms with Crippen molar-refractivity contribution in [2.45, 2.75) is 13.8 Å². The van der Waals surface area contributed by atoms with E-state index in [9.17, 15) is 14.4 Å². The molecule has 0 atom stereocenters. The average molecular weight is 411 g/mol. The van der Waals surface area contributed by atoms with Gasteiger partial charge in [-0.05, 0) is 37.6 Å². The minimum absolute atomic E-state index is 0.0659. The van der Waals surface area contributed by atoms with Crippen LogP contribution in [0, 0.1) is 0 Å². The van der Waals surface area contributed by atoms with Crippen LogP contribution >= 0.6 is 11.6 Å². The summed E-state index contributed by atoms with van der Waals surface area (Å²) in [7, 11) is 1.49. The van der Waals surface area contributed by atoms with Crippen molar-refractivity contribution < 1.29 is 28.6 Å². The topological polar surface area (TPSA) is 85.4 Å². The van der Waals surface area contributed by atoms with E-state index in [1.54, 1.807) is 17.0 Å². The van der Waals surface area contributed by atoms with Gasteiger partial charge in [0.25, 0.3) is 5.91 Å². The van der Waals surface area contributed by atoms with Crippen LogP contribution in [0.15, 0.2) is 18.2 Å². The van der Waals surface area contributed by atoms with Gasteiger partial charge in [0.2, 0.25) is 12.7 Å². The molecule has 0 N–H and O–H groups in total. The van der Waals surface area contributed by atoms with E-state index in [0.29, 0.717) is 35.2 Å². The Bertz CT molecular complexity index is 776. The van der Waals surface area contributed by atoms with E-state index in [1.165, 1.54) is 24.1 Å². The Hall–Kier alpha value is -2.74. The molecule has 0 spiro atoms. The lowest BCUT2D eigenvalue weighted by molar-refractivity contribution is -0.149. The lowest BCUT2D eigenvalue weighted by atomic mass is 10.2. The van der Waals surface area contributed by atoms with Gasteiger partial charge in [0.15, 0.2) is 18.1 Å². The van der Waals surface area contributed by atoms with Crippen molar-refractivity contribution in [2.24, 2.45) is 0 Å². The number of esters is 1. The molecule has 1 aliphatic rings. The number of benzene rings is 1. The smallest absolute Gasteiger partial charge is 0.331 e. The van der Waals surface area contributed by atoms with E-state index < -0.39 is 18.5 Å². The van der Waals surface area contributed by atoms with Crippen LogP contribution in [0.3, 0.4) is 0 Å². The SMILES string of the molecule is CCN(CC)C(=O)CN(C)C(=O)COC(=O)/C=C/c1cc(Cl)c2c(c1)OCO2. The van der Waals surface area contributed by atoms with Crippen LogP contribution in [0.1, 0.15) is 19.4 Å². The fourth-order valence-electron chi connectivity index (χ4n) is 2.51. The van der Waals surface area contributed by atoms with Gasteiger partial charge in [-0.1, -0.05) is 11.6 Å². The number of halogens is 1. The summed E-state index contributed by atoms with van der Waals surface area (Å²) in [6.07, 6.45) is 2.68. The maximum atomic E-state index is 12.0. The van der Waals surface area contributed by atoms with Crippen LogP contribution in [0.2, 0.25) is 5.02 Å². The molecule has 28 heavy (non-hydrogen) atoms. The molecule has 0 bridgehead atoms.